The highest BCUT2D eigenvalue weighted by Gasteiger charge is 2.30. The quantitative estimate of drug-likeness (QED) is 0.848. The van der Waals surface area contributed by atoms with Crippen molar-refractivity contribution in [2.45, 2.75) is 25.6 Å². The van der Waals surface area contributed by atoms with Crippen LogP contribution < -0.4 is 0 Å². The summed E-state index contributed by atoms with van der Waals surface area (Å²) in [5.41, 5.74) is -0.550. The topological polar surface area (TPSA) is 46.5 Å². The molecule has 0 saturated heterocycles. The first kappa shape index (κ1) is 14.5. The number of hydrogen-bond donors (Lipinski definition) is 1. The van der Waals surface area contributed by atoms with Crippen LogP contribution in [0.3, 0.4) is 0 Å². The van der Waals surface area contributed by atoms with Gasteiger partial charge in [0, 0.05) is 0 Å². The SMILES string of the molecule is CCOC(=O)C[C@@H](O)c1ccc(C(F)(F)F)cc1. The van der Waals surface area contributed by atoms with Gasteiger partial charge in [0.2, 0.25) is 0 Å². The molecule has 0 bridgehead atoms. The summed E-state index contributed by atoms with van der Waals surface area (Å²) >= 11 is 0. The van der Waals surface area contributed by atoms with Crippen molar-refractivity contribution in [2.75, 3.05) is 6.61 Å². The van der Waals surface area contributed by atoms with Crippen molar-refractivity contribution in [1.82, 2.24) is 0 Å². The van der Waals surface area contributed by atoms with Gasteiger partial charge in [0.15, 0.2) is 0 Å². The van der Waals surface area contributed by atoms with E-state index in [9.17, 15) is 23.1 Å². The Kier molecular flexibility index (Phi) is 4.72. The molecule has 1 N–H and O–H groups in total. The maximum atomic E-state index is 12.3. The molecule has 0 saturated carbocycles. The first-order chi connectivity index (χ1) is 8.34. The van der Waals surface area contributed by atoms with Gasteiger partial charge < -0.3 is 9.84 Å². The van der Waals surface area contributed by atoms with Gasteiger partial charge in [-0.2, -0.15) is 13.2 Å². The number of esters is 1. The third-order valence-electron chi connectivity index (χ3n) is 2.29. The van der Waals surface area contributed by atoms with Crippen LogP contribution in [0.4, 0.5) is 13.2 Å². The van der Waals surface area contributed by atoms with Crippen LogP contribution in [0, 0.1) is 0 Å². The van der Waals surface area contributed by atoms with E-state index in [-0.39, 0.29) is 18.6 Å². The zero-order chi connectivity index (χ0) is 13.8. The third kappa shape index (κ3) is 4.03. The van der Waals surface area contributed by atoms with Gasteiger partial charge >= 0.3 is 12.1 Å². The van der Waals surface area contributed by atoms with Gasteiger partial charge in [-0.05, 0) is 24.6 Å². The highest BCUT2D eigenvalue weighted by Crippen LogP contribution is 2.30. The van der Waals surface area contributed by atoms with Crippen LogP contribution in [0.1, 0.15) is 30.6 Å². The minimum Gasteiger partial charge on any atom is -0.466 e. The monoisotopic (exact) mass is 262 g/mol. The molecule has 0 aliphatic heterocycles. The molecule has 0 amide bonds. The van der Waals surface area contributed by atoms with Gasteiger partial charge in [-0.25, -0.2) is 0 Å². The van der Waals surface area contributed by atoms with Crippen LogP contribution in [-0.4, -0.2) is 17.7 Å². The first-order valence-electron chi connectivity index (χ1n) is 5.35. The van der Waals surface area contributed by atoms with E-state index in [4.69, 9.17) is 0 Å². The standard InChI is InChI=1S/C12H13F3O3/c1-2-18-11(17)7-10(16)8-3-5-9(6-4-8)12(13,14)15/h3-6,10,16H,2,7H2,1H3/t10-/m1/s1. The number of ether oxygens (including phenoxy) is 1. The fourth-order valence-electron chi connectivity index (χ4n) is 1.39. The summed E-state index contributed by atoms with van der Waals surface area (Å²) in [5.74, 6) is -0.593. The minimum atomic E-state index is -4.41. The lowest BCUT2D eigenvalue weighted by molar-refractivity contribution is -0.145. The predicted octanol–water partition coefficient (Wildman–Crippen LogP) is 2.69. The molecular formula is C12H13F3O3. The molecule has 0 spiro atoms. The van der Waals surface area contributed by atoms with Crippen LogP contribution in [-0.2, 0) is 15.7 Å². The van der Waals surface area contributed by atoms with Crippen molar-refractivity contribution in [1.29, 1.82) is 0 Å². The second-order valence-corrected chi connectivity index (χ2v) is 3.64. The van der Waals surface area contributed by atoms with Gasteiger partial charge in [-0.15, -0.1) is 0 Å². The number of aliphatic hydroxyl groups excluding tert-OH is 1. The molecule has 0 aliphatic carbocycles. The first-order valence-corrected chi connectivity index (χ1v) is 5.35. The lowest BCUT2D eigenvalue weighted by Crippen LogP contribution is -2.10. The summed E-state index contributed by atoms with van der Waals surface area (Å²) < 4.78 is 41.5. The van der Waals surface area contributed by atoms with Crippen LogP contribution in [0.15, 0.2) is 24.3 Å². The highest BCUT2D eigenvalue weighted by atomic mass is 19.4. The third-order valence-corrected chi connectivity index (χ3v) is 2.29. The van der Waals surface area contributed by atoms with Gasteiger partial charge in [0.25, 0.3) is 0 Å². The number of carbonyl (C=O) groups excluding carboxylic acids is 1. The second kappa shape index (κ2) is 5.86. The van der Waals surface area contributed by atoms with E-state index >= 15 is 0 Å². The zero-order valence-corrected chi connectivity index (χ0v) is 9.70. The van der Waals surface area contributed by atoms with Crippen molar-refractivity contribution in [3.05, 3.63) is 35.4 Å². The molecule has 0 aliphatic rings. The Balaban J connectivity index is 2.70. The number of alkyl halides is 3. The molecule has 3 nitrogen and oxygen atoms in total. The molecule has 0 radical (unpaired) electrons. The van der Waals surface area contributed by atoms with E-state index in [0.29, 0.717) is 0 Å². The number of carbonyl (C=O) groups is 1. The summed E-state index contributed by atoms with van der Waals surface area (Å²) in [6.45, 7) is 1.82. The van der Waals surface area contributed by atoms with E-state index in [1.54, 1.807) is 6.92 Å². The maximum Gasteiger partial charge on any atom is 0.416 e. The highest BCUT2D eigenvalue weighted by molar-refractivity contribution is 5.70. The van der Waals surface area contributed by atoms with E-state index in [1.807, 2.05) is 0 Å². The average Bonchev–Trinajstić information content (AvgIpc) is 2.28. The molecule has 1 aromatic carbocycles. The smallest absolute Gasteiger partial charge is 0.416 e. The average molecular weight is 262 g/mol. The van der Waals surface area contributed by atoms with Gasteiger partial charge in [0.05, 0.1) is 24.7 Å². The van der Waals surface area contributed by atoms with Crippen LogP contribution in [0.5, 0.6) is 0 Å². The van der Waals surface area contributed by atoms with Gasteiger partial charge in [0.1, 0.15) is 0 Å². The van der Waals surface area contributed by atoms with E-state index in [1.165, 1.54) is 0 Å². The Labute approximate surface area is 102 Å². The molecule has 6 heteroatoms. The second-order valence-electron chi connectivity index (χ2n) is 3.64. The summed E-state index contributed by atoms with van der Waals surface area (Å²) in [7, 11) is 0. The molecule has 0 heterocycles. The number of benzene rings is 1. The van der Waals surface area contributed by atoms with Gasteiger partial charge in [-0.3, -0.25) is 4.79 Å². The molecule has 0 unspecified atom stereocenters. The molecule has 0 fully saturated rings. The molecule has 100 valence electrons. The summed E-state index contributed by atoms with van der Waals surface area (Å²) in [4.78, 5) is 11.1. The maximum absolute atomic E-state index is 12.3. The minimum absolute atomic E-state index is 0.193. The van der Waals surface area contributed by atoms with Crippen molar-refractivity contribution in [3.63, 3.8) is 0 Å². The van der Waals surface area contributed by atoms with Crippen LogP contribution in [0.2, 0.25) is 0 Å². The molecule has 0 aromatic heterocycles. The lowest BCUT2D eigenvalue weighted by atomic mass is 10.0. The Morgan fingerprint density at radius 2 is 1.89 bits per heavy atom. The fourth-order valence-corrected chi connectivity index (χ4v) is 1.39. The Bertz CT molecular complexity index is 398. The number of aliphatic hydroxyl groups is 1. The summed E-state index contributed by atoms with van der Waals surface area (Å²) in [6, 6.07) is 4.02. The Hall–Kier alpha value is -1.56. The zero-order valence-electron chi connectivity index (χ0n) is 9.70. The number of hydrogen-bond acceptors (Lipinski definition) is 3. The molecular weight excluding hydrogens is 249 g/mol. The Morgan fingerprint density at radius 3 is 2.33 bits per heavy atom. The van der Waals surface area contributed by atoms with Crippen molar-refractivity contribution in [3.8, 4) is 0 Å². The van der Waals surface area contributed by atoms with Crippen molar-refractivity contribution >= 4 is 5.97 Å². The van der Waals surface area contributed by atoms with E-state index < -0.39 is 23.8 Å². The van der Waals surface area contributed by atoms with E-state index in [0.717, 1.165) is 24.3 Å². The molecule has 1 rings (SSSR count). The van der Waals surface area contributed by atoms with E-state index in [2.05, 4.69) is 4.74 Å². The fraction of sp³-hybridized carbons (Fsp3) is 0.417. The molecule has 18 heavy (non-hydrogen) atoms. The molecule has 1 atom stereocenters. The van der Waals surface area contributed by atoms with Crippen LogP contribution in [0.25, 0.3) is 0 Å². The van der Waals surface area contributed by atoms with Crippen molar-refractivity contribution < 1.29 is 27.8 Å². The van der Waals surface area contributed by atoms with Gasteiger partial charge in [-0.1, -0.05) is 12.1 Å². The predicted molar refractivity (Wildman–Crippen MR) is 57.7 cm³/mol. The summed E-state index contributed by atoms with van der Waals surface area (Å²) in [6.07, 6.45) is -5.85. The Morgan fingerprint density at radius 1 is 1.33 bits per heavy atom. The number of halogens is 3. The molecule has 1 aromatic rings. The normalized spacial score (nSPS) is 13.2. The van der Waals surface area contributed by atoms with Crippen molar-refractivity contribution in [2.24, 2.45) is 0 Å². The lowest BCUT2D eigenvalue weighted by Gasteiger charge is -2.12. The van der Waals surface area contributed by atoms with Crippen LogP contribution >= 0.6 is 0 Å². The summed E-state index contributed by atoms with van der Waals surface area (Å²) in [5, 5.41) is 9.63. The largest absolute Gasteiger partial charge is 0.466 e. The number of rotatable bonds is 4.